The average molecular weight is 530 g/mol. The lowest BCUT2D eigenvalue weighted by Crippen LogP contribution is -2.14. The molecule has 1 amide bonds. The number of amides is 1. The van der Waals surface area contributed by atoms with Gasteiger partial charge in [0.2, 0.25) is 0 Å². The van der Waals surface area contributed by atoms with E-state index in [2.05, 4.69) is 26.2 Å². The predicted octanol–water partition coefficient (Wildman–Crippen LogP) is 7.50. The number of hydrogen-bond donors (Lipinski definition) is 1. The van der Waals surface area contributed by atoms with Crippen LogP contribution in [0.3, 0.4) is 0 Å². The number of hydrogen-bond acceptors (Lipinski definition) is 3. The van der Waals surface area contributed by atoms with Crippen LogP contribution in [-0.2, 0) is 0 Å². The molecule has 0 bridgehead atoms. The van der Waals surface area contributed by atoms with Gasteiger partial charge in [-0.3, -0.25) is 4.79 Å². The summed E-state index contributed by atoms with van der Waals surface area (Å²) in [5.74, 6) is -4.59. The van der Waals surface area contributed by atoms with E-state index >= 15 is 0 Å². The number of fused-ring (bicyclic) bond motifs is 1. The zero-order valence-corrected chi connectivity index (χ0v) is 18.7. The molecule has 0 saturated heterocycles. The van der Waals surface area contributed by atoms with Crippen LogP contribution in [0.4, 0.5) is 23.2 Å². The van der Waals surface area contributed by atoms with Gasteiger partial charge in [0.1, 0.15) is 16.3 Å². The second kappa shape index (κ2) is 8.22. The fraction of sp³-hybridized carbons (Fsp3) is 0.0476. The van der Waals surface area contributed by atoms with E-state index in [1.54, 1.807) is 13.0 Å². The molecule has 0 aliphatic heterocycles. The summed E-state index contributed by atoms with van der Waals surface area (Å²) in [4.78, 5) is 16.8. The summed E-state index contributed by atoms with van der Waals surface area (Å²) >= 11 is 10.1. The van der Waals surface area contributed by atoms with E-state index in [1.165, 1.54) is 12.1 Å². The van der Waals surface area contributed by atoms with Crippen LogP contribution in [0.5, 0.6) is 0 Å². The minimum atomic E-state index is -1.35. The van der Waals surface area contributed by atoms with Crippen LogP contribution in [0.2, 0.25) is 5.02 Å². The van der Waals surface area contributed by atoms with Gasteiger partial charge in [0.25, 0.3) is 5.91 Å². The zero-order chi connectivity index (χ0) is 22.4. The van der Waals surface area contributed by atoms with Gasteiger partial charge in [-0.25, -0.2) is 22.5 Å². The summed E-state index contributed by atoms with van der Waals surface area (Å²) in [6.07, 6.45) is 0. The van der Waals surface area contributed by atoms with Crippen molar-refractivity contribution >= 4 is 60.7 Å². The Morgan fingerprint density at radius 2 is 1.84 bits per heavy atom. The van der Waals surface area contributed by atoms with Crippen molar-refractivity contribution in [2.24, 2.45) is 0 Å². The van der Waals surface area contributed by atoms with E-state index in [0.717, 1.165) is 29.5 Å². The van der Waals surface area contributed by atoms with E-state index in [-0.39, 0.29) is 16.8 Å². The molecule has 0 atom stereocenters. The van der Waals surface area contributed by atoms with Crippen molar-refractivity contribution in [1.82, 2.24) is 4.98 Å². The van der Waals surface area contributed by atoms with Gasteiger partial charge in [-0.15, -0.1) is 11.3 Å². The standard InChI is InChI=1S/C21H10BrClF4N2OS/c1-8-12(21-29-19-14(26)4-9(22)5-16(19)31-21)6-10(24)7-15(8)28-20(30)11-2-3-13(25)18(27)17(11)23/h2-7H,1H3,(H,28,30). The summed E-state index contributed by atoms with van der Waals surface area (Å²) in [5, 5.41) is 2.13. The lowest BCUT2D eigenvalue weighted by Gasteiger charge is -2.13. The van der Waals surface area contributed by atoms with E-state index in [4.69, 9.17) is 11.6 Å². The Hall–Kier alpha value is -2.49. The third kappa shape index (κ3) is 4.05. The van der Waals surface area contributed by atoms with Crippen LogP contribution < -0.4 is 5.32 Å². The summed E-state index contributed by atoms with van der Waals surface area (Å²) in [6.45, 7) is 1.62. The first-order valence-corrected chi connectivity index (χ1v) is 10.7. The highest BCUT2D eigenvalue weighted by Crippen LogP contribution is 2.37. The highest BCUT2D eigenvalue weighted by Gasteiger charge is 2.20. The lowest BCUT2D eigenvalue weighted by molar-refractivity contribution is 0.102. The molecule has 1 heterocycles. The molecular weight excluding hydrogens is 520 g/mol. The Morgan fingerprint density at radius 1 is 1.10 bits per heavy atom. The Morgan fingerprint density at radius 3 is 2.58 bits per heavy atom. The Kier molecular flexibility index (Phi) is 5.76. The van der Waals surface area contributed by atoms with Gasteiger partial charge in [0.15, 0.2) is 17.5 Å². The fourth-order valence-corrected chi connectivity index (χ4v) is 4.91. The number of nitrogens with one attached hydrogen (secondary N) is 1. The maximum atomic E-state index is 14.3. The number of carbonyl (C=O) groups excluding carboxylic acids is 1. The summed E-state index contributed by atoms with van der Waals surface area (Å²) in [6, 6.07) is 7.08. The van der Waals surface area contributed by atoms with Gasteiger partial charge in [-0.1, -0.05) is 27.5 Å². The van der Waals surface area contributed by atoms with Crippen LogP contribution in [0.15, 0.2) is 40.9 Å². The number of halogens is 6. The van der Waals surface area contributed by atoms with Crippen LogP contribution in [0, 0.1) is 30.2 Å². The first kappa shape index (κ1) is 21.7. The molecule has 1 aromatic heterocycles. The van der Waals surface area contributed by atoms with Crippen molar-refractivity contribution in [1.29, 1.82) is 0 Å². The topological polar surface area (TPSA) is 42.0 Å². The third-order valence-electron chi connectivity index (χ3n) is 4.54. The molecule has 0 spiro atoms. The van der Waals surface area contributed by atoms with E-state index in [9.17, 15) is 22.4 Å². The van der Waals surface area contributed by atoms with Crippen molar-refractivity contribution in [3.05, 3.63) is 80.3 Å². The number of rotatable bonds is 3. The second-order valence-electron chi connectivity index (χ2n) is 6.56. The van der Waals surface area contributed by atoms with Gasteiger partial charge >= 0.3 is 0 Å². The molecule has 4 aromatic rings. The number of thiazole rings is 1. The molecule has 0 fully saturated rings. The molecule has 3 nitrogen and oxygen atoms in total. The highest BCUT2D eigenvalue weighted by atomic mass is 79.9. The van der Waals surface area contributed by atoms with E-state index in [1.807, 2.05) is 0 Å². The maximum absolute atomic E-state index is 14.3. The number of carbonyl (C=O) groups is 1. The zero-order valence-electron chi connectivity index (χ0n) is 15.5. The molecule has 1 N–H and O–H groups in total. The monoisotopic (exact) mass is 528 g/mol. The molecule has 0 radical (unpaired) electrons. The predicted molar refractivity (Wildman–Crippen MR) is 117 cm³/mol. The fourth-order valence-electron chi connectivity index (χ4n) is 2.99. The van der Waals surface area contributed by atoms with Crippen molar-refractivity contribution < 1.29 is 22.4 Å². The first-order valence-electron chi connectivity index (χ1n) is 8.66. The Bertz CT molecular complexity index is 1380. The van der Waals surface area contributed by atoms with E-state index in [0.29, 0.717) is 25.3 Å². The molecule has 0 saturated carbocycles. The average Bonchev–Trinajstić information content (AvgIpc) is 3.12. The van der Waals surface area contributed by atoms with Gasteiger partial charge in [-0.05, 0) is 48.9 Å². The van der Waals surface area contributed by atoms with Crippen LogP contribution in [0.25, 0.3) is 20.8 Å². The molecule has 10 heteroatoms. The van der Waals surface area contributed by atoms with Gasteiger partial charge in [0, 0.05) is 15.7 Å². The SMILES string of the molecule is Cc1c(NC(=O)c2ccc(F)c(F)c2Cl)cc(F)cc1-c1nc2c(F)cc(Br)cc2s1. The summed E-state index contributed by atoms with van der Waals surface area (Å²) in [5.41, 5.74) is 0.723. The molecule has 158 valence electrons. The lowest BCUT2D eigenvalue weighted by atomic mass is 10.1. The van der Waals surface area contributed by atoms with Crippen molar-refractivity contribution in [3.63, 3.8) is 0 Å². The summed E-state index contributed by atoms with van der Waals surface area (Å²) in [7, 11) is 0. The molecule has 31 heavy (non-hydrogen) atoms. The maximum Gasteiger partial charge on any atom is 0.257 e. The molecule has 0 unspecified atom stereocenters. The molecule has 0 aliphatic carbocycles. The van der Waals surface area contributed by atoms with Gasteiger partial charge in [-0.2, -0.15) is 0 Å². The third-order valence-corrected chi connectivity index (χ3v) is 6.41. The molecular formula is C21H10BrClF4N2OS. The quantitative estimate of drug-likeness (QED) is 0.221. The molecule has 4 rings (SSSR count). The van der Waals surface area contributed by atoms with Crippen LogP contribution in [-0.4, -0.2) is 10.9 Å². The van der Waals surface area contributed by atoms with Crippen LogP contribution >= 0.6 is 38.9 Å². The van der Waals surface area contributed by atoms with Gasteiger partial charge in [0.05, 0.1) is 15.3 Å². The minimum Gasteiger partial charge on any atom is -0.322 e. The van der Waals surface area contributed by atoms with Crippen molar-refractivity contribution in [2.45, 2.75) is 6.92 Å². The number of benzene rings is 3. The smallest absolute Gasteiger partial charge is 0.257 e. The Balaban J connectivity index is 1.76. The Labute approximate surface area is 190 Å². The van der Waals surface area contributed by atoms with Crippen molar-refractivity contribution in [3.8, 4) is 10.6 Å². The molecule has 0 aliphatic rings. The minimum absolute atomic E-state index is 0.0849. The van der Waals surface area contributed by atoms with Gasteiger partial charge < -0.3 is 5.32 Å². The second-order valence-corrected chi connectivity index (χ2v) is 8.88. The normalized spacial score (nSPS) is 11.2. The number of aromatic nitrogens is 1. The largest absolute Gasteiger partial charge is 0.322 e. The van der Waals surface area contributed by atoms with Crippen LogP contribution in [0.1, 0.15) is 15.9 Å². The first-order chi connectivity index (χ1) is 14.7. The number of anilines is 1. The number of nitrogens with zero attached hydrogens (tertiary/aromatic N) is 1. The molecule has 3 aromatic carbocycles. The summed E-state index contributed by atoms with van der Waals surface area (Å²) < 4.78 is 56.6. The highest BCUT2D eigenvalue weighted by molar-refractivity contribution is 9.10. The van der Waals surface area contributed by atoms with Crippen molar-refractivity contribution in [2.75, 3.05) is 5.32 Å². The van der Waals surface area contributed by atoms with E-state index < -0.39 is 34.2 Å².